The zero-order valence-corrected chi connectivity index (χ0v) is 68.9. The molecule has 594 valence electrons. The van der Waals surface area contributed by atoms with Crippen molar-refractivity contribution < 1.29 is 80.6 Å². The van der Waals surface area contributed by atoms with E-state index in [0.29, 0.717) is 94.1 Å². The van der Waals surface area contributed by atoms with E-state index in [9.17, 15) is 0 Å². The molecule has 0 N–H and O–H groups in total. The summed E-state index contributed by atoms with van der Waals surface area (Å²) >= 11 is 0. The number of aromatic nitrogens is 5. The van der Waals surface area contributed by atoms with Crippen LogP contribution in [0, 0.1) is 89.6 Å². The van der Waals surface area contributed by atoms with Gasteiger partial charge < -0.3 is 22.1 Å². The second kappa shape index (κ2) is 32.1. The Morgan fingerprint density at radius 3 is 0.933 bits per heavy atom. The highest BCUT2D eigenvalue weighted by molar-refractivity contribution is 6.15. The molecule has 0 saturated heterocycles. The molecule has 10 nitrogen and oxygen atoms in total. The first-order valence-corrected chi connectivity index (χ1v) is 39.2. The molecule has 10 aromatic heterocycles. The van der Waals surface area contributed by atoms with Gasteiger partial charge in [-0.1, -0.05) is 161 Å². The lowest BCUT2D eigenvalue weighted by Gasteiger charge is -2.10. The maximum atomic E-state index is 8.50. The molecular formula is C109H108N5O5+5. The maximum absolute atomic E-state index is 8.50. The molecule has 0 aliphatic rings. The van der Waals surface area contributed by atoms with E-state index in [1.165, 1.54) is 13.8 Å². The molecule has 119 heavy (non-hydrogen) atoms. The minimum atomic E-state index is -2.51. The van der Waals surface area contributed by atoms with Crippen molar-refractivity contribution in [2.75, 3.05) is 0 Å². The van der Waals surface area contributed by atoms with Crippen molar-refractivity contribution in [3.8, 4) is 56.3 Å². The van der Waals surface area contributed by atoms with Crippen molar-refractivity contribution in [3.63, 3.8) is 0 Å². The summed E-state index contributed by atoms with van der Waals surface area (Å²) in [6.07, 6.45) is 8.43. The van der Waals surface area contributed by atoms with Crippen LogP contribution < -0.4 is 22.8 Å². The molecule has 2 atom stereocenters. The van der Waals surface area contributed by atoms with E-state index in [4.69, 9.17) is 57.7 Å². The Morgan fingerprint density at radius 2 is 0.580 bits per heavy atom. The largest absolute Gasteiger partial charge is 0.455 e. The van der Waals surface area contributed by atoms with Crippen LogP contribution in [0.4, 0.5) is 0 Å². The van der Waals surface area contributed by atoms with Crippen LogP contribution in [0.15, 0.2) is 265 Å². The summed E-state index contributed by atoms with van der Waals surface area (Å²) in [5.74, 6) is -3.51. The highest BCUT2D eigenvalue weighted by Crippen LogP contribution is 2.45. The fourth-order valence-corrected chi connectivity index (χ4v) is 16.4. The summed E-state index contributed by atoms with van der Waals surface area (Å²) in [5.41, 5.74) is 22.7. The van der Waals surface area contributed by atoms with Crippen LogP contribution in [0.5, 0.6) is 0 Å². The number of pyridine rings is 5. The van der Waals surface area contributed by atoms with Gasteiger partial charge in [-0.15, -0.1) is 0 Å². The number of nitrogens with zero attached hydrogens (tertiary/aromatic N) is 5. The summed E-state index contributed by atoms with van der Waals surface area (Å²) in [6, 6.07) is 65.2. The van der Waals surface area contributed by atoms with Gasteiger partial charge in [0.05, 0.1) is 27.8 Å². The first-order valence-electron chi connectivity index (χ1n) is 52.2. The first-order chi connectivity index (χ1) is 67.5. The monoisotopic (exact) mass is 1590 g/mol. The Morgan fingerprint density at radius 1 is 0.261 bits per heavy atom. The number of hydrogen-bond acceptors (Lipinski definition) is 5. The fraction of sp³-hybridized carbons (Fsp3) is 0.220. The SMILES string of the molecule is [2H]C([2H])([2H])C([2H])(C)c1cc[n+](C)c(-c2c(C)ccc3c2oc2ccccc23)c1.[2H]C([2H])([2H])c1c[n+](C)c(-c2c(C)cc(C([2H])([2H])[2H])c3c2oc2ccccc23)cc1C.[2H]C([2H])([2H])c1c[n+](C)c(-c2c(C)ccc3c2oc2ccccc23)cc1C.[2H]C([2H])([2H])c1cc(C)c(-c2cc(C([2H])(C)C([2H])([2H])[2H])cc[n+]2C)c2oc3ccccc3c12.[2H]C([2H])([2H])c1ccc(-c2c(C)cc(C([2H])([2H])[2H])c3c2oc2ccccc23)[n+](C)c1. The van der Waals surface area contributed by atoms with Gasteiger partial charge in [0.15, 0.2) is 31.0 Å². The molecule has 0 amide bonds. The van der Waals surface area contributed by atoms with E-state index in [1.807, 2.05) is 197 Å². The second-order valence-corrected chi connectivity index (χ2v) is 30.9. The molecule has 0 fully saturated rings. The third-order valence-corrected chi connectivity index (χ3v) is 22.6. The van der Waals surface area contributed by atoms with Crippen LogP contribution >= 0.6 is 0 Å². The number of fused-ring (bicyclic) bond motifs is 15. The predicted molar refractivity (Wildman–Crippen MR) is 491 cm³/mol. The van der Waals surface area contributed by atoms with Gasteiger partial charge in [0, 0.05) is 149 Å². The topological polar surface area (TPSA) is 85.1 Å². The second-order valence-electron chi connectivity index (χ2n) is 30.9. The number of para-hydroxylation sites is 5. The quantitative estimate of drug-likeness (QED) is 0.148. The average molecular weight is 1590 g/mol. The molecule has 20 rings (SSSR count). The van der Waals surface area contributed by atoms with E-state index in [1.54, 1.807) is 116 Å². The highest BCUT2D eigenvalue weighted by atomic mass is 16.3. The zero-order valence-electron chi connectivity index (χ0n) is 94.9. The summed E-state index contributed by atoms with van der Waals surface area (Å²) < 4.78 is 245. The van der Waals surface area contributed by atoms with Crippen molar-refractivity contribution >= 4 is 110 Å². The van der Waals surface area contributed by atoms with E-state index in [2.05, 4.69) is 37.3 Å². The van der Waals surface area contributed by atoms with E-state index in [-0.39, 0.29) is 27.8 Å². The van der Waals surface area contributed by atoms with Crippen LogP contribution in [0.2, 0.25) is 0 Å². The molecule has 0 aliphatic carbocycles. The molecular weight excluding hydrogens is 1460 g/mol. The Hall–Kier alpha value is -13.1. The van der Waals surface area contributed by atoms with Crippen LogP contribution in [0.3, 0.4) is 0 Å². The molecule has 0 radical (unpaired) electrons. The molecule has 0 aliphatic heterocycles. The number of furan rings is 5. The molecule has 0 saturated carbocycles. The van der Waals surface area contributed by atoms with E-state index >= 15 is 0 Å². The molecule has 2 unspecified atom stereocenters. The van der Waals surface area contributed by atoms with Crippen molar-refractivity contribution in [2.24, 2.45) is 35.2 Å². The Balaban J connectivity index is 0.000000130. The van der Waals surface area contributed by atoms with Gasteiger partial charge >= 0.3 is 0 Å². The molecule has 10 aromatic carbocycles. The van der Waals surface area contributed by atoms with Crippen LogP contribution in [-0.4, -0.2) is 0 Å². The zero-order chi connectivity index (χ0) is 106. The molecule has 0 bridgehead atoms. The number of aryl methyl sites for hydroxylation is 18. The number of hydrogen-bond donors (Lipinski definition) is 0. The third-order valence-electron chi connectivity index (χ3n) is 22.6. The van der Waals surface area contributed by atoms with Crippen molar-refractivity contribution in [1.82, 2.24) is 0 Å². The maximum Gasteiger partial charge on any atom is 0.216 e. The van der Waals surface area contributed by atoms with Crippen LogP contribution in [-0.2, 0) is 35.2 Å². The molecule has 0 spiro atoms. The van der Waals surface area contributed by atoms with Gasteiger partial charge in [-0.25, -0.2) is 22.8 Å². The Kier molecular flexibility index (Phi) is 14.6. The smallest absolute Gasteiger partial charge is 0.216 e. The number of benzene rings is 10. The minimum absolute atomic E-state index is 0.213. The predicted octanol–water partition coefficient (Wildman–Crippen LogP) is 26.6. The van der Waals surface area contributed by atoms with E-state index < -0.39 is 66.6 Å². The normalized spacial score (nSPS) is 16.7. The summed E-state index contributed by atoms with van der Waals surface area (Å²) in [5, 5.41) is 8.09. The number of rotatable bonds is 7. The lowest BCUT2D eigenvalue weighted by Crippen LogP contribution is -2.31. The fourth-order valence-electron chi connectivity index (χ4n) is 16.4. The summed E-state index contributed by atoms with van der Waals surface area (Å²) in [4.78, 5) is 0. The first kappa shape index (κ1) is 54.0. The molecule has 10 heterocycles. The lowest BCUT2D eigenvalue weighted by molar-refractivity contribution is -0.660. The van der Waals surface area contributed by atoms with Gasteiger partial charge in [-0.2, -0.15) is 0 Å². The van der Waals surface area contributed by atoms with Crippen molar-refractivity contribution in [2.45, 2.75) is 129 Å². The van der Waals surface area contributed by atoms with Gasteiger partial charge in [0.2, 0.25) is 28.5 Å². The third kappa shape index (κ3) is 14.7. The van der Waals surface area contributed by atoms with Crippen molar-refractivity contribution in [3.05, 3.63) is 327 Å². The summed E-state index contributed by atoms with van der Waals surface area (Å²) in [7, 11) is 9.18. The van der Waals surface area contributed by atoms with Crippen LogP contribution in [0.1, 0.15) is 158 Å². The van der Waals surface area contributed by atoms with Crippen molar-refractivity contribution in [1.29, 1.82) is 0 Å². The standard InChI is InChI=1S/C23H24NO.2C22H22NO.2C21H20NO/c1-14(2)17-10-11-24(5)19(13-17)22-16(4)12-15(3)21-18-8-6-7-9-20(18)25-23(21)22;1-13-11-18(23(5)12-16(13)4)21-15(3)10-14(2)20-17-8-6-7-9-19(17)24-22(20)21;1-14(2)16-11-12-23(4)19(13-16)21-15(3)9-10-18-17-7-5-6-8-20(17)24-22(18)21;1-13-9-10-17-16-7-5-6-8-19(16)23-21(17)20(13)18-11-14(2)15(3)12-22(18)4;1-13-9-10-17(22(4)12-13)20-15(3)11-14(2)19-16-7-5-6-8-18(16)23-21(19)20/h6-14H,1-5H3;6-12H,1-5H3;5-14H,1-4H3;2*5-12H,1-4H3/q5*+1/i1D3,3D3,14D;2D3,4D3;1D3,14D;3D3;1D3,2D3. The Bertz CT molecular complexity index is 8540. The minimum Gasteiger partial charge on any atom is -0.455 e. The van der Waals surface area contributed by atoms with Gasteiger partial charge in [-0.05, 0) is 205 Å². The van der Waals surface area contributed by atoms with Crippen LogP contribution in [0.25, 0.3) is 166 Å². The Labute approximate surface area is 734 Å². The van der Waals surface area contributed by atoms with Gasteiger partial charge in [0.25, 0.3) is 0 Å². The molecule has 20 aromatic rings. The van der Waals surface area contributed by atoms with Gasteiger partial charge in [-0.3, -0.25) is 0 Å². The average Bonchev–Trinajstić information content (AvgIpc) is 1.60. The molecule has 10 heteroatoms. The summed E-state index contributed by atoms with van der Waals surface area (Å²) in [6.45, 7) is -2.40. The highest BCUT2D eigenvalue weighted by Gasteiger charge is 2.29. The lowest BCUT2D eigenvalue weighted by atomic mass is 9.95. The van der Waals surface area contributed by atoms with Gasteiger partial charge in [0.1, 0.15) is 91.1 Å². The van der Waals surface area contributed by atoms with E-state index in [0.717, 1.165) is 127 Å².